The van der Waals surface area contributed by atoms with E-state index in [2.05, 4.69) is 11.6 Å². The Labute approximate surface area is 163 Å². The Morgan fingerprint density at radius 2 is 1.63 bits per heavy atom. The van der Waals surface area contributed by atoms with Crippen LogP contribution in [-0.4, -0.2) is 15.0 Å². The molecule has 6 heteroatoms. The first kappa shape index (κ1) is 21.1. The Morgan fingerprint density at radius 3 is 2.33 bits per heavy atom. The normalized spacial score (nSPS) is 11.3. The van der Waals surface area contributed by atoms with E-state index in [0.29, 0.717) is 23.7 Å². The highest BCUT2D eigenvalue weighted by Gasteiger charge is 2.16. The first-order chi connectivity index (χ1) is 12.9. The molecular formula is C21H30N2O3S. The number of hydrogen-bond donors (Lipinski definition) is 2. The molecule has 5 nitrogen and oxygen atoms in total. The average molecular weight is 391 g/mol. The number of hydrogen-bond acceptors (Lipinski definition) is 4. The van der Waals surface area contributed by atoms with Crippen LogP contribution in [0.1, 0.15) is 51.0 Å². The summed E-state index contributed by atoms with van der Waals surface area (Å²) < 4.78 is 33.7. The summed E-state index contributed by atoms with van der Waals surface area (Å²) in [4.78, 5) is 0.215. The first-order valence-corrected chi connectivity index (χ1v) is 11.0. The zero-order chi connectivity index (χ0) is 19.7. The van der Waals surface area contributed by atoms with Crippen LogP contribution in [0, 0.1) is 6.92 Å². The van der Waals surface area contributed by atoms with Crippen LogP contribution in [0.4, 0.5) is 11.4 Å². The van der Waals surface area contributed by atoms with E-state index in [-0.39, 0.29) is 4.90 Å². The summed E-state index contributed by atoms with van der Waals surface area (Å²) in [5.41, 5.74) is 7.78. The van der Waals surface area contributed by atoms with Crippen LogP contribution in [-0.2, 0) is 10.0 Å². The summed E-state index contributed by atoms with van der Waals surface area (Å²) in [6.45, 7) is 4.65. The maximum absolute atomic E-state index is 12.6. The summed E-state index contributed by atoms with van der Waals surface area (Å²) in [7, 11) is -3.68. The minimum absolute atomic E-state index is 0.215. The lowest BCUT2D eigenvalue weighted by atomic mass is 10.1. The number of nitrogens with two attached hydrogens (primary N) is 1. The van der Waals surface area contributed by atoms with Crippen molar-refractivity contribution in [1.29, 1.82) is 0 Å². The van der Waals surface area contributed by atoms with E-state index in [1.165, 1.54) is 25.7 Å². The highest BCUT2D eigenvalue weighted by molar-refractivity contribution is 7.92. The minimum Gasteiger partial charge on any atom is -0.491 e. The number of unbranched alkanes of at least 4 members (excludes halogenated alkanes) is 5. The van der Waals surface area contributed by atoms with Gasteiger partial charge in [0, 0.05) is 11.8 Å². The number of benzene rings is 2. The second kappa shape index (κ2) is 10.2. The molecule has 0 saturated heterocycles. The summed E-state index contributed by atoms with van der Waals surface area (Å²) in [6, 6.07) is 11.7. The lowest BCUT2D eigenvalue weighted by Crippen LogP contribution is -2.14. The topological polar surface area (TPSA) is 81.4 Å². The van der Waals surface area contributed by atoms with E-state index in [9.17, 15) is 8.42 Å². The van der Waals surface area contributed by atoms with Crippen molar-refractivity contribution in [2.24, 2.45) is 0 Å². The number of ether oxygens (including phenoxy) is 1. The molecule has 0 aliphatic rings. The molecule has 0 saturated carbocycles. The third kappa shape index (κ3) is 6.79. The summed E-state index contributed by atoms with van der Waals surface area (Å²) in [6.07, 6.45) is 6.97. The van der Waals surface area contributed by atoms with Gasteiger partial charge in [0.05, 0.1) is 17.2 Å². The largest absolute Gasteiger partial charge is 0.491 e. The van der Waals surface area contributed by atoms with Crippen LogP contribution >= 0.6 is 0 Å². The average Bonchev–Trinajstić information content (AvgIpc) is 2.63. The monoisotopic (exact) mass is 390 g/mol. The van der Waals surface area contributed by atoms with Gasteiger partial charge in [-0.15, -0.1) is 0 Å². The van der Waals surface area contributed by atoms with Crippen LogP contribution in [0.3, 0.4) is 0 Å². The maximum Gasteiger partial charge on any atom is 0.262 e. The van der Waals surface area contributed by atoms with Gasteiger partial charge < -0.3 is 10.5 Å². The molecule has 0 unspecified atom stereocenters. The minimum atomic E-state index is -3.68. The molecule has 0 spiro atoms. The first-order valence-electron chi connectivity index (χ1n) is 9.54. The molecule has 0 atom stereocenters. The molecule has 0 radical (unpaired) electrons. The van der Waals surface area contributed by atoms with Gasteiger partial charge in [-0.3, -0.25) is 4.72 Å². The molecule has 0 aromatic heterocycles. The van der Waals surface area contributed by atoms with Crippen molar-refractivity contribution in [3.8, 4) is 5.75 Å². The van der Waals surface area contributed by atoms with Gasteiger partial charge in [-0.2, -0.15) is 0 Å². The molecule has 27 heavy (non-hydrogen) atoms. The third-order valence-electron chi connectivity index (χ3n) is 4.34. The van der Waals surface area contributed by atoms with Gasteiger partial charge in [0.1, 0.15) is 5.75 Å². The molecule has 2 aromatic carbocycles. The van der Waals surface area contributed by atoms with Crippen molar-refractivity contribution in [2.75, 3.05) is 17.1 Å². The molecule has 0 aliphatic carbocycles. The lowest BCUT2D eigenvalue weighted by Gasteiger charge is -2.14. The zero-order valence-electron chi connectivity index (χ0n) is 16.2. The molecule has 3 N–H and O–H groups in total. The number of nitrogens with one attached hydrogen (secondary N) is 1. The van der Waals surface area contributed by atoms with E-state index in [1.807, 2.05) is 6.92 Å². The second-order valence-electron chi connectivity index (χ2n) is 6.79. The summed E-state index contributed by atoms with van der Waals surface area (Å²) in [5.74, 6) is 0.458. The molecule has 2 aromatic rings. The van der Waals surface area contributed by atoms with Gasteiger partial charge in [-0.05, 0) is 37.6 Å². The van der Waals surface area contributed by atoms with Crippen LogP contribution < -0.4 is 15.2 Å². The Bertz CT molecular complexity index is 818. The zero-order valence-corrected chi connectivity index (χ0v) is 17.0. The third-order valence-corrected chi connectivity index (χ3v) is 5.72. The van der Waals surface area contributed by atoms with Crippen molar-refractivity contribution in [3.63, 3.8) is 0 Å². The molecule has 0 aliphatic heterocycles. The van der Waals surface area contributed by atoms with Gasteiger partial charge in [-0.25, -0.2) is 8.42 Å². The van der Waals surface area contributed by atoms with Crippen molar-refractivity contribution < 1.29 is 13.2 Å². The molecule has 2 rings (SSSR count). The Hall–Kier alpha value is -2.21. The Morgan fingerprint density at radius 1 is 0.963 bits per heavy atom. The van der Waals surface area contributed by atoms with E-state index in [1.54, 1.807) is 42.5 Å². The number of nitrogen functional groups attached to an aromatic ring is 1. The van der Waals surface area contributed by atoms with Crippen molar-refractivity contribution >= 4 is 21.4 Å². The molecular weight excluding hydrogens is 360 g/mol. The molecule has 0 bridgehead atoms. The van der Waals surface area contributed by atoms with E-state index >= 15 is 0 Å². The van der Waals surface area contributed by atoms with Crippen molar-refractivity contribution in [2.45, 2.75) is 57.3 Å². The van der Waals surface area contributed by atoms with Crippen molar-refractivity contribution in [3.05, 3.63) is 48.0 Å². The van der Waals surface area contributed by atoms with Crippen LogP contribution in [0.5, 0.6) is 5.75 Å². The standard InChI is InChI=1S/C21H30N2O3S/c1-3-4-5-6-7-8-15-26-21-16-18(22)11-14-20(21)23-27(24,25)19-12-9-17(2)10-13-19/h9-14,16,23H,3-8,15,22H2,1-2H3. The van der Waals surface area contributed by atoms with Gasteiger partial charge >= 0.3 is 0 Å². The van der Waals surface area contributed by atoms with Gasteiger partial charge in [0.25, 0.3) is 10.0 Å². The predicted molar refractivity (Wildman–Crippen MR) is 112 cm³/mol. The molecule has 0 amide bonds. The number of anilines is 2. The molecule has 0 fully saturated rings. The van der Waals surface area contributed by atoms with Crippen LogP contribution in [0.2, 0.25) is 0 Å². The smallest absolute Gasteiger partial charge is 0.262 e. The maximum atomic E-state index is 12.6. The van der Waals surface area contributed by atoms with E-state index < -0.39 is 10.0 Å². The fraction of sp³-hybridized carbons (Fsp3) is 0.429. The van der Waals surface area contributed by atoms with E-state index in [0.717, 1.165) is 18.4 Å². The number of sulfonamides is 1. The predicted octanol–water partition coefficient (Wildman–Crippen LogP) is 5.12. The van der Waals surface area contributed by atoms with Gasteiger partial charge in [-0.1, -0.05) is 56.7 Å². The van der Waals surface area contributed by atoms with Crippen molar-refractivity contribution in [1.82, 2.24) is 0 Å². The molecule has 0 heterocycles. The van der Waals surface area contributed by atoms with Crippen LogP contribution in [0.25, 0.3) is 0 Å². The van der Waals surface area contributed by atoms with E-state index in [4.69, 9.17) is 10.5 Å². The highest BCUT2D eigenvalue weighted by atomic mass is 32.2. The molecule has 148 valence electrons. The lowest BCUT2D eigenvalue weighted by molar-refractivity contribution is 0.306. The van der Waals surface area contributed by atoms with Gasteiger partial charge in [0.15, 0.2) is 0 Å². The second-order valence-corrected chi connectivity index (χ2v) is 8.47. The summed E-state index contributed by atoms with van der Waals surface area (Å²) in [5, 5.41) is 0. The highest BCUT2D eigenvalue weighted by Crippen LogP contribution is 2.29. The fourth-order valence-corrected chi connectivity index (χ4v) is 3.80. The quantitative estimate of drug-likeness (QED) is 0.412. The van der Waals surface area contributed by atoms with Gasteiger partial charge in [0.2, 0.25) is 0 Å². The fourth-order valence-electron chi connectivity index (χ4n) is 2.73. The summed E-state index contributed by atoms with van der Waals surface area (Å²) >= 11 is 0. The van der Waals surface area contributed by atoms with Crippen LogP contribution in [0.15, 0.2) is 47.4 Å². The Kier molecular flexibility index (Phi) is 7.98. The SMILES string of the molecule is CCCCCCCCOc1cc(N)ccc1NS(=O)(=O)c1ccc(C)cc1. The Balaban J connectivity index is 2.01. The number of aryl methyl sites for hydroxylation is 1. The number of rotatable bonds is 11.